The monoisotopic (exact) mass is 295 g/mol. The summed E-state index contributed by atoms with van der Waals surface area (Å²) in [7, 11) is 9.85. The van der Waals surface area contributed by atoms with E-state index in [4.69, 9.17) is 0 Å². The molecule has 0 aromatic carbocycles. The van der Waals surface area contributed by atoms with Crippen molar-refractivity contribution in [2.24, 2.45) is 5.92 Å². The first-order valence-corrected chi connectivity index (χ1v) is 7.34. The Bertz CT molecular complexity index is 431. The Morgan fingerprint density at radius 3 is 2.05 bits per heavy atom. The molecule has 0 bridgehead atoms. The summed E-state index contributed by atoms with van der Waals surface area (Å²) in [5.41, 5.74) is 0. The highest BCUT2D eigenvalue weighted by Crippen LogP contribution is 2.16. The van der Waals surface area contributed by atoms with Crippen molar-refractivity contribution in [2.75, 3.05) is 70.0 Å². The van der Waals surface area contributed by atoms with Gasteiger partial charge in [-0.2, -0.15) is 15.0 Å². The minimum Gasteiger partial charge on any atom is -0.357 e. The Morgan fingerprint density at radius 2 is 1.57 bits per heavy atom. The first-order chi connectivity index (χ1) is 9.83. The lowest BCUT2D eigenvalue weighted by molar-refractivity contribution is 0.407. The van der Waals surface area contributed by atoms with Crippen molar-refractivity contribution in [3.63, 3.8) is 0 Å². The third-order valence-electron chi connectivity index (χ3n) is 2.92. The molecule has 0 atom stereocenters. The summed E-state index contributed by atoms with van der Waals surface area (Å²) in [4.78, 5) is 19.7. The molecule has 21 heavy (non-hydrogen) atoms. The summed E-state index contributed by atoms with van der Waals surface area (Å²) >= 11 is 0. The molecule has 7 nitrogen and oxygen atoms in total. The maximum atomic E-state index is 4.58. The molecule has 1 rings (SSSR count). The van der Waals surface area contributed by atoms with Crippen LogP contribution in [0.25, 0.3) is 0 Å². The lowest BCUT2D eigenvalue weighted by Crippen LogP contribution is -2.36. The quantitative estimate of drug-likeness (QED) is 0.768. The summed E-state index contributed by atoms with van der Waals surface area (Å²) in [5.74, 6) is 2.55. The molecule has 7 heteroatoms. The van der Waals surface area contributed by atoms with E-state index in [2.05, 4.69) is 58.0 Å². The van der Waals surface area contributed by atoms with Gasteiger partial charge in [-0.1, -0.05) is 13.8 Å². The third kappa shape index (κ3) is 5.71. The predicted octanol–water partition coefficient (Wildman–Crippen LogP) is 1.00. The maximum absolute atomic E-state index is 4.58. The van der Waals surface area contributed by atoms with Crippen LogP contribution in [0.4, 0.5) is 17.8 Å². The number of hydrogen-bond donors (Lipinski definition) is 1. The minimum absolute atomic E-state index is 0.546. The first-order valence-electron chi connectivity index (χ1n) is 7.34. The summed E-state index contributed by atoms with van der Waals surface area (Å²) in [6.07, 6.45) is 0. The van der Waals surface area contributed by atoms with E-state index in [1.807, 2.05) is 26.0 Å². The van der Waals surface area contributed by atoms with E-state index < -0.39 is 0 Å². The molecule has 0 saturated heterocycles. The smallest absolute Gasteiger partial charge is 0.232 e. The van der Waals surface area contributed by atoms with Crippen LogP contribution in [0.15, 0.2) is 0 Å². The van der Waals surface area contributed by atoms with Crippen molar-refractivity contribution in [3.05, 3.63) is 0 Å². The standard InChI is InChI=1S/C14H29N7/c1-11(2)10-21(9-8-19(4)5)14-17-12(15-3)16-13(18-14)20(6)7/h11H,8-10H2,1-7H3,(H,15,16,17,18). The molecule has 0 unspecified atom stereocenters. The fraction of sp³-hybridized carbons (Fsp3) is 0.786. The van der Waals surface area contributed by atoms with Crippen molar-refractivity contribution in [1.82, 2.24) is 19.9 Å². The maximum Gasteiger partial charge on any atom is 0.232 e. The average molecular weight is 295 g/mol. The van der Waals surface area contributed by atoms with Crippen LogP contribution in [-0.2, 0) is 0 Å². The van der Waals surface area contributed by atoms with Crippen LogP contribution < -0.4 is 15.1 Å². The molecule has 120 valence electrons. The van der Waals surface area contributed by atoms with Crippen LogP contribution in [-0.4, -0.2) is 74.7 Å². The molecule has 1 aromatic heterocycles. The number of rotatable bonds is 8. The lowest BCUT2D eigenvalue weighted by atomic mass is 10.2. The molecule has 0 radical (unpaired) electrons. The highest BCUT2D eigenvalue weighted by atomic mass is 15.4. The van der Waals surface area contributed by atoms with Gasteiger partial charge in [0.15, 0.2) is 0 Å². The minimum atomic E-state index is 0.546. The van der Waals surface area contributed by atoms with Crippen molar-refractivity contribution >= 4 is 17.8 Å². The Labute approximate surface area is 128 Å². The first kappa shape index (κ1) is 17.4. The van der Waals surface area contributed by atoms with Gasteiger partial charge < -0.3 is 20.0 Å². The number of nitrogens with zero attached hydrogens (tertiary/aromatic N) is 6. The molecule has 0 aliphatic heterocycles. The van der Waals surface area contributed by atoms with Crippen molar-refractivity contribution < 1.29 is 0 Å². The van der Waals surface area contributed by atoms with Gasteiger partial charge in [0.1, 0.15) is 0 Å². The van der Waals surface area contributed by atoms with E-state index in [0.717, 1.165) is 25.6 Å². The summed E-state index contributed by atoms with van der Waals surface area (Å²) in [6, 6.07) is 0. The van der Waals surface area contributed by atoms with Gasteiger partial charge in [-0.3, -0.25) is 0 Å². The van der Waals surface area contributed by atoms with Crippen molar-refractivity contribution in [3.8, 4) is 0 Å². The zero-order chi connectivity index (χ0) is 16.0. The summed E-state index contributed by atoms with van der Waals surface area (Å²) in [6.45, 7) is 7.19. The zero-order valence-electron chi connectivity index (χ0n) is 14.4. The lowest BCUT2D eigenvalue weighted by Gasteiger charge is -2.27. The van der Waals surface area contributed by atoms with Crippen molar-refractivity contribution in [1.29, 1.82) is 0 Å². The number of nitrogens with one attached hydrogen (secondary N) is 1. The molecule has 0 amide bonds. The van der Waals surface area contributed by atoms with E-state index in [0.29, 0.717) is 17.8 Å². The average Bonchev–Trinajstić information content (AvgIpc) is 2.42. The fourth-order valence-corrected chi connectivity index (χ4v) is 1.84. The Balaban J connectivity index is 3.06. The second-order valence-electron chi connectivity index (χ2n) is 6.05. The molecule has 1 heterocycles. The van der Waals surface area contributed by atoms with Gasteiger partial charge in [0.05, 0.1) is 0 Å². The second-order valence-corrected chi connectivity index (χ2v) is 6.05. The molecule has 0 aliphatic rings. The number of hydrogen-bond acceptors (Lipinski definition) is 7. The molecular weight excluding hydrogens is 266 g/mol. The van der Waals surface area contributed by atoms with Gasteiger partial charge in [-0.05, 0) is 20.0 Å². The van der Waals surface area contributed by atoms with Crippen LogP contribution >= 0.6 is 0 Å². The highest BCUT2D eigenvalue weighted by Gasteiger charge is 2.15. The number of aromatic nitrogens is 3. The zero-order valence-corrected chi connectivity index (χ0v) is 14.4. The SMILES string of the molecule is CNc1nc(N(C)C)nc(N(CCN(C)C)CC(C)C)n1. The van der Waals surface area contributed by atoms with Crippen LogP contribution in [0.2, 0.25) is 0 Å². The number of anilines is 3. The molecule has 0 fully saturated rings. The van der Waals surface area contributed by atoms with Gasteiger partial charge >= 0.3 is 0 Å². The van der Waals surface area contributed by atoms with Crippen LogP contribution in [0.1, 0.15) is 13.8 Å². The van der Waals surface area contributed by atoms with Gasteiger partial charge in [-0.15, -0.1) is 0 Å². The molecule has 1 N–H and O–H groups in total. The van der Waals surface area contributed by atoms with E-state index in [1.54, 1.807) is 0 Å². The van der Waals surface area contributed by atoms with Gasteiger partial charge in [-0.25, -0.2) is 0 Å². The van der Waals surface area contributed by atoms with Gasteiger partial charge in [0.25, 0.3) is 0 Å². The summed E-state index contributed by atoms with van der Waals surface area (Å²) in [5, 5.41) is 3.01. The van der Waals surface area contributed by atoms with E-state index >= 15 is 0 Å². The fourth-order valence-electron chi connectivity index (χ4n) is 1.84. The normalized spacial score (nSPS) is 11.1. The molecule has 1 aromatic rings. The molecule has 0 spiro atoms. The molecule has 0 saturated carbocycles. The van der Waals surface area contributed by atoms with Gasteiger partial charge in [0, 0.05) is 40.8 Å². The topological polar surface area (TPSA) is 60.4 Å². The highest BCUT2D eigenvalue weighted by molar-refractivity contribution is 5.44. The second kappa shape index (κ2) is 7.97. The molecular formula is C14H29N7. The van der Waals surface area contributed by atoms with Gasteiger partial charge in [0.2, 0.25) is 17.8 Å². The Kier molecular flexibility index (Phi) is 6.61. The van der Waals surface area contributed by atoms with E-state index in [9.17, 15) is 0 Å². The number of likely N-dealkylation sites (N-methyl/N-ethyl adjacent to an activating group) is 1. The van der Waals surface area contributed by atoms with Crippen LogP contribution in [0, 0.1) is 5.92 Å². The van der Waals surface area contributed by atoms with Crippen molar-refractivity contribution in [2.45, 2.75) is 13.8 Å². The van der Waals surface area contributed by atoms with E-state index in [1.165, 1.54) is 0 Å². The largest absolute Gasteiger partial charge is 0.357 e. The van der Waals surface area contributed by atoms with Crippen LogP contribution in [0.5, 0.6) is 0 Å². The predicted molar refractivity (Wildman–Crippen MR) is 89.3 cm³/mol. The molecule has 0 aliphatic carbocycles. The Hall–Kier alpha value is -1.63. The summed E-state index contributed by atoms with van der Waals surface area (Å²) < 4.78 is 0. The van der Waals surface area contributed by atoms with E-state index in [-0.39, 0.29) is 0 Å². The van der Waals surface area contributed by atoms with Crippen LogP contribution in [0.3, 0.4) is 0 Å². The third-order valence-corrected chi connectivity index (χ3v) is 2.92. The Morgan fingerprint density at radius 1 is 0.952 bits per heavy atom.